The van der Waals surface area contributed by atoms with Crippen LogP contribution in [-0.4, -0.2) is 17.3 Å². The predicted octanol–water partition coefficient (Wildman–Crippen LogP) is 3.76. The van der Waals surface area contributed by atoms with E-state index in [1.54, 1.807) is 13.2 Å². The van der Waals surface area contributed by atoms with Gasteiger partial charge in [0.25, 0.3) is 5.89 Å². The molecule has 5 nitrogen and oxygen atoms in total. The van der Waals surface area contributed by atoms with E-state index < -0.39 is 0 Å². The second kappa shape index (κ2) is 5.57. The number of nitrogens with two attached hydrogens (primary N) is 1. The molecule has 0 radical (unpaired) electrons. The molecule has 0 unspecified atom stereocenters. The highest BCUT2D eigenvalue weighted by atomic mass is 79.9. The molecule has 0 aliphatic rings. The van der Waals surface area contributed by atoms with Crippen LogP contribution in [0.1, 0.15) is 0 Å². The van der Waals surface area contributed by atoms with Crippen LogP contribution >= 0.6 is 15.9 Å². The number of nitrogens with zero attached hydrogens (tertiary/aromatic N) is 2. The third-order valence-corrected chi connectivity index (χ3v) is 3.51. The van der Waals surface area contributed by atoms with Crippen molar-refractivity contribution in [3.8, 4) is 28.6 Å². The number of nitrogen functional groups attached to an aromatic ring is 1. The van der Waals surface area contributed by atoms with E-state index in [9.17, 15) is 0 Å². The van der Waals surface area contributed by atoms with Crippen molar-refractivity contribution in [2.75, 3.05) is 12.8 Å². The Morgan fingerprint density at radius 3 is 2.71 bits per heavy atom. The van der Waals surface area contributed by atoms with Crippen LogP contribution in [0.3, 0.4) is 0 Å². The summed E-state index contributed by atoms with van der Waals surface area (Å²) in [5, 5.41) is 4.00. The van der Waals surface area contributed by atoms with Gasteiger partial charge < -0.3 is 15.0 Å². The smallest absolute Gasteiger partial charge is 0.260 e. The first-order chi connectivity index (χ1) is 10.2. The summed E-state index contributed by atoms with van der Waals surface area (Å²) >= 11 is 3.37. The molecule has 2 aromatic carbocycles. The highest BCUT2D eigenvalue weighted by Crippen LogP contribution is 2.31. The molecule has 1 heterocycles. The fourth-order valence-corrected chi connectivity index (χ4v) is 2.38. The van der Waals surface area contributed by atoms with Crippen molar-refractivity contribution >= 4 is 21.6 Å². The number of benzene rings is 2. The molecule has 0 spiro atoms. The zero-order valence-electron chi connectivity index (χ0n) is 11.2. The SMILES string of the molecule is COc1ccccc1-c1noc(-c2ccc(Br)cc2N)n1. The van der Waals surface area contributed by atoms with Crippen molar-refractivity contribution < 1.29 is 9.26 Å². The summed E-state index contributed by atoms with van der Waals surface area (Å²) in [6, 6.07) is 13.0. The number of rotatable bonds is 3. The largest absolute Gasteiger partial charge is 0.496 e. The van der Waals surface area contributed by atoms with E-state index in [0.29, 0.717) is 28.7 Å². The Hall–Kier alpha value is -2.34. The van der Waals surface area contributed by atoms with E-state index in [1.165, 1.54) is 0 Å². The third kappa shape index (κ3) is 2.62. The van der Waals surface area contributed by atoms with Crippen molar-refractivity contribution in [2.24, 2.45) is 0 Å². The Labute approximate surface area is 129 Å². The van der Waals surface area contributed by atoms with Crippen LogP contribution in [0.4, 0.5) is 5.69 Å². The third-order valence-electron chi connectivity index (χ3n) is 3.02. The normalized spacial score (nSPS) is 10.6. The summed E-state index contributed by atoms with van der Waals surface area (Å²) in [6.45, 7) is 0. The van der Waals surface area contributed by atoms with Crippen molar-refractivity contribution in [3.05, 3.63) is 46.9 Å². The van der Waals surface area contributed by atoms with Gasteiger partial charge in [-0.25, -0.2) is 0 Å². The molecule has 3 aromatic rings. The molecule has 3 rings (SSSR count). The average molecular weight is 346 g/mol. The van der Waals surface area contributed by atoms with Gasteiger partial charge in [-0.15, -0.1) is 0 Å². The molecule has 1 aromatic heterocycles. The molecule has 0 aliphatic carbocycles. The van der Waals surface area contributed by atoms with Gasteiger partial charge in [0, 0.05) is 10.2 Å². The number of para-hydroxylation sites is 1. The van der Waals surface area contributed by atoms with Crippen molar-refractivity contribution in [3.63, 3.8) is 0 Å². The van der Waals surface area contributed by atoms with Gasteiger partial charge in [0.2, 0.25) is 5.82 Å². The summed E-state index contributed by atoms with van der Waals surface area (Å²) < 4.78 is 11.5. The van der Waals surface area contributed by atoms with Crippen molar-refractivity contribution in [1.29, 1.82) is 0 Å². The highest BCUT2D eigenvalue weighted by Gasteiger charge is 2.15. The van der Waals surface area contributed by atoms with E-state index >= 15 is 0 Å². The minimum absolute atomic E-state index is 0.376. The summed E-state index contributed by atoms with van der Waals surface area (Å²) in [7, 11) is 1.60. The van der Waals surface area contributed by atoms with Gasteiger partial charge in [0.05, 0.1) is 18.2 Å². The maximum absolute atomic E-state index is 5.97. The summed E-state index contributed by atoms with van der Waals surface area (Å²) in [5.41, 5.74) is 8.01. The summed E-state index contributed by atoms with van der Waals surface area (Å²) in [4.78, 5) is 4.40. The first-order valence-corrected chi connectivity index (χ1v) is 7.01. The lowest BCUT2D eigenvalue weighted by atomic mass is 10.1. The fraction of sp³-hybridized carbons (Fsp3) is 0.0667. The van der Waals surface area contributed by atoms with Gasteiger partial charge in [-0.3, -0.25) is 0 Å². The summed E-state index contributed by atoms with van der Waals surface area (Å²) in [5.74, 6) is 1.53. The van der Waals surface area contributed by atoms with Gasteiger partial charge in [-0.05, 0) is 30.3 Å². The molecule has 0 saturated heterocycles. The van der Waals surface area contributed by atoms with E-state index in [-0.39, 0.29) is 0 Å². The second-order valence-electron chi connectivity index (χ2n) is 4.35. The lowest BCUT2D eigenvalue weighted by molar-refractivity contribution is 0.413. The standard InChI is InChI=1S/C15H12BrN3O2/c1-20-13-5-3-2-4-11(13)14-18-15(21-19-14)10-7-6-9(16)8-12(10)17/h2-8H,17H2,1H3. The number of aromatic nitrogens is 2. The molecular weight excluding hydrogens is 334 g/mol. The molecule has 0 atom stereocenters. The van der Waals surface area contributed by atoms with Gasteiger partial charge in [0.15, 0.2) is 0 Å². The first-order valence-electron chi connectivity index (χ1n) is 6.21. The topological polar surface area (TPSA) is 74.2 Å². The molecule has 0 amide bonds. The van der Waals surface area contributed by atoms with E-state index in [1.807, 2.05) is 36.4 Å². The van der Waals surface area contributed by atoms with Gasteiger partial charge in [-0.1, -0.05) is 33.2 Å². The Morgan fingerprint density at radius 2 is 1.95 bits per heavy atom. The Morgan fingerprint density at radius 1 is 1.14 bits per heavy atom. The molecule has 2 N–H and O–H groups in total. The number of hydrogen-bond donors (Lipinski definition) is 1. The fourth-order valence-electron chi connectivity index (χ4n) is 2.00. The van der Waals surface area contributed by atoms with Gasteiger partial charge in [0.1, 0.15) is 5.75 Å². The van der Waals surface area contributed by atoms with Crippen LogP contribution in [0.5, 0.6) is 5.75 Å². The van der Waals surface area contributed by atoms with Crippen LogP contribution in [0.2, 0.25) is 0 Å². The quantitative estimate of drug-likeness (QED) is 0.731. The van der Waals surface area contributed by atoms with Crippen molar-refractivity contribution in [1.82, 2.24) is 10.1 Å². The second-order valence-corrected chi connectivity index (χ2v) is 5.27. The van der Waals surface area contributed by atoms with Gasteiger partial charge in [-0.2, -0.15) is 4.98 Å². The number of ether oxygens (including phenoxy) is 1. The van der Waals surface area contributed by atoms with Crippen LogP contribution in [-0.2, 0) is 0 Å². The molecular formula is C15H12BrN3O2. The Kier molecular flexibility index (Phi) is 3.62. The molecule has 0 bridgehead atoms. The average Bonchev–Trinajstić information content (AvgIpc) is 2.96. The monoisotopic (exact) mass is 345 g/mol. The molecule has 0 fully saturated rings. The van der Waals surface area contributed by atoms with E-state index in [4.69, 9.17) is 15.0 Å². The Balaban J connectivity index is 2.04. The first kappa shape index (κ1) is 13.6. The lowest BCUT2D eigenvalue weighted by Crippen LogP contribution is -1.91. The van der Waals surface area contributed by atoms with Crippen LogP contribution in [0.25, 0.3) is 22.8 Å². The van der Waals surface area contributed by atoms with Crippen molar-refractivity contribution in [2.45, 2.75) is 0 Å². The van der Waals surface area contributed by atoms with Gasteiger partial charge >= 0.3 is 0 Å². The molecule has 21 heavy (non-hydrogen) atoms. The molecule has 0 saturated carbocycles. The van der Waals surface area contributed by atoms with Crippen LogP contribution in [0, 0.1) is 0 Å². The maximum Gasteiger partial charge on any atom is 0.260 e. The Bertz CT molecular complexity index is 786. The summed E-state index contributed by atoms with van der Waals surface area (Å²) in [6.07, 6.45) is 0. The maximum atomic E-state index is 5.97. The van der Waals surface area contributed by atoms with E-state index in [2.05, 4.69) is 26.1 Å². The minimum atomic E-state index is 0.376. The number of halogens is 1. The number of hydrogen-bond acceptors (Lipinski definition) is 5. The van der Waals surface area contributed by atoms with Crippen LogP contribution < -0.4 is 10.5 Å². The zero-order chi connectivity index (χ0) is 14.8. The zero-order valence-corrected chi connectivity index (χ0v) is 12.8. The number of methoxy groups -OCH3 is 1. The minimum Gasteiger partial charge on any atom is -0.496 e. The predicted molar refractivity (Wildman–Crippen MR) is 83.8 cm³/mol. The van der Waals surface area contributed by atoms with E-state index in [0.717, 1.165) is 10.0 Å². The molecule has 106 valence electrons. The van der Waals surface area contributed by atoms with Crippen LogP contribution in [0.15, 0.2) is 51.5 Å². The highest BCUT2D eigenvalue weighted by molar-refractivity contribution is 9.10. The number of anilines is 1. The lowest BCUT2D eigenvalue weighted by Gasteiger charge is -2.03. The molecule has 6 heteroatoms. The molecule has 0 aliphatic heterocycles.